The van der Waals surface area contributed by atoms with Gasteiger partial charge in [0.25, 0.3) is 0 Å². The fourth-order valence-corrected chi connectivity index (χ4v) is 3.46. The van der Waals surface area contributed by atoms with E-state index in [1.54, 1.807) is 25.6 Å². The van der Waals surface area contributed by atoms with Crippen molar-refractivity contribution in [2.45, 2.75) is 46.5 Å². The Morgan fingerprint density at radius 1 is 1.40 bits per heavy atom. The molecule has 20 heavy (non-hydrogen) atoms. The van der Waals surface area contributed by atoms with Crippen LogP contribution in [0.3, 0.4) is 0 Å². The van der Waals surface area contributed by atoms with Crippen LogP contribution in [0, 0.1) is 11.3 Å². The van der Waals surface area contributed by atoms with Crippen LogP contribution in [0.2, 0.25) is 0 Å². The van der Waals surface area contributed by atoms with Crippen molar-refractivity contribution in [3.05, 3.63) is 0 Å². The molecule has 1 fully saturated rings. The Morgan fingerprint density at radius 3 is 2.70 bits per heavy atom. The molecule has 1 amide bonds. The van der Waals surface area contributed by atoms with Crippen LogP contribution in [-0.4, -0.2) is 46.5 Å². The Balaban J connectivity index is 2.48. The van der Waals surface area contributed by atoms with Crippen molar-refractivity contribution in [3.63, 3.8) is 0 Å². The first kappa shape index (κ1) is 17.3. The fraction of sp³-hybridized carbons (Fsp3) is 0.867. The molecular weight excluding hydrogens is 274 g/mol. The Labute approximate surface area is 126 Å². The maximum atomic E-state index is 12.2. The number of likely N-dealkylation sites (tertiary alicyclic amines) is 1. The van der Waals surface area contributed by atoms with Crippen LogP contribution in [0.15, 0.2) is 0 Å². The zero-order valence-corrected chi connectivity index (χ0v) is 13.7. The molecule has 1 N–H and O–H groups in total. The monoisotopic (exact) mass is 301 g/mol. The van der Waals surface area contributed by atoms with Crippen molar-refractivity contribution in [2.75, 3.05) is 24.6 Å². The second-order valence-corrected chi connectivity index (χ2v) is 7.22. The van der Waals surface area contributed by atoms with E-state index in [2.05, 4.69) is 6.92 Å². The second kappa shape index (κ2) is 7.91. The first-order valence-corrected chi connectivity index (χ1v) is 8.64. The molecule has 1 rings (SSSR count). The number of carbonyl (C=O) groups is 2. The Bertz CT molecular complexity index is 344. The number of carbonyl (C=O) groups excluding carboxylic acids is 1. The zero-order valence-electron chi connectivity index (χ0n) is 12.9. The van der Waals surface area contributed by atoms with Gasteiger partial charge in [0.1, 0.15) is 0 Å². The predicted molar refractivity (Wildman–Crippen MR) is 83.0 cm³/mol. The van der Waals surface area contributed by atoms with Crippen molar-refractivity contribution >= 4 is 23.6 Å². The molecule has 1 heterocycles. The summed E-state index contributed by atoms with van der Waals surface area (Å²) in [6.07, 6.45) is 4.10. The van der Waals surface area contributed by atoms with E-state index >= 15 is 0 Å². The number of aliphatic carboxylic acids is 1. The molecular formula is C15H27NO3S. The molecule has 0 aliphatic carbocycles. The van der Waals surface area contributed by atoms with E-state index in [0.717, 1.165) is 38.0 Å². The number of hydrogen-bond acceptors (Lipinski definition) is 3. The average molecular weight is 301 g/mol. The molecule has 0 bridgehead atoms. The number of carboxylic acids is 1. The highest BCUT2D eigenvalue weighted by Crippen LogP contribution is 2.34. The summed E-state index contributed by atoms with van der Waals surface area (Å²) < 4.78 is 0. The van der Waals surface area contributed by atoms with Gasteiger partial charge in [-0.25, -0.2) is 0 Å². The number of piperidine rings is 1. The molecule has 0 aromatic heterocycles. The van der Waals surface area contributed by atoms with E-state index in [4.69, 9.17) is 0 Å². The normalized spacial score (nSPS) is 19.9. The van der Waals surface area contributed by atoms with Crippen molar-refractivity contribution in [1.29, 1.82) is 0 Å². The quantitative estimate of drug-likeness (QED) is 0.735. The average Bonchev–Trinajstić information content (AvgIpc) is 2.43. The maximum absolute atomic E-state index is 12.2. The van der Waals surface area contributed by atoms with Crippen LogP contribution >= 0.6 is 11.8 Å². The fourth-order valence-electron chi connectivity index (χ4n) is 2.46. The third-order valence-electron chi connectivity index (χ3n) is 4.21. The first-order chi connectivity index (χ1) is 9.39. The smallest absolute Gasteiger partial charge is 0.309 e. The van der Waals surface area contributed by atoms with Gasteiger partial charge in [-0.15, -0.1) is 0 Å². The predicted octanol–water partition coefficient (Wildman–Crippen LogP) is 2.87. The number of thioether (sulfide) groups is 1. The van der Waals surface area contributed by atoms with Crippen LogP contribution in [0.1, 0.15) is 46.5 Å². The molecule has 1 atom stereocenters. The van der Waals surface area contributed by atoms with Gasteiger partial charge in [0.05, 0.1) is 11.2 Å². The Morgan fingerprint density at radius 2 is 2.10 bits per heavy atom. The van der Waals surface area contributed by atoms with Crippen LogP contribution in [-0.2, 0) is 9.59 Å². The summed E-state index contributed by atoms with van der Waals surface area (Å²) >= 11 is 1.69. The van der Waals surface area contributed by atoms with Gasteiger partial charge in [-0.05, 0) is 44.8 Å². The minimum atomic E-state index is -0.769. The molecule has 0 spiro atoms. The molecule has 1 aliphatic rings. The lowest BCUT2D eigenvalue weighted by Crippen LogP contribution is -2.47. The van der Waals surface area contributed by atoms with Crippen LogP contribution < -0.4 is 0 Å². The van der Waals surface area contributed by atoms with Gasteiger partial charge in [0.15, 0.2) is 0 Å². The lowest BCUT2D eigenvalue weighted by atomic mass is 9.74. The largest absolute Gasteiger partial charge is 0.481 e. The lowest BCUT2D eigenvalue weighted by Gasteiger charge is -2.39. The van der Waals surface area contributed by atoms with E-state index in [1.807, 2.05) is 4.90 Å². The molecule has 4 nitrogen and oxygen atoms in total. The molecule has 5 heteroatoms. The highest BCUT2D eigenvalue weighted by molar-refractivity contribution is 7.99. The van der Waals surface area contributed by atoms with E-state index in [9.17, 15) is 14.7 Å². The summed E-state index contributed by atoms with van der Waals surface area (Å²) in [6, 6.07) is 0. The van der Waals surface area contributed by atoms with Gasteiger partial charge in [0, 0.05) is 13.1 Å². The summed E-state index contributed by atoms with van der Waals surface area (Å²) in [7, 11) is 0. The van der Waals surface area contributed by atoms with E-state index in [0.29, 0.717) is 12.3 Å². The van der Waals surface area contributed by atoms with Crippen molar-refractivity contribution in [2.24, 2.45) is 11.3 Å². The number of unbranched alkanes of at least 4 members (excludes halogenated alkanes) is 1. The molecule has 1 saturated heterocycles. The number of amides is 1. The van der Waals surface area contributed by atoms with Gasteiger partial charge in [-0.3, -0.25) is 9.59 Å². The van der Waals surface area contributed by atoms with Gasteiger partial charge in [0.2, 0.25) is 5.91 Å². The van der Waals surface area contributed by atoms with E-state index in [1.165, 1.54) is 0 Å². The molecule has 1 aliphatic heterocycles. The summed E-state index contributed by atoms with van der Waals surface area (Å²) in [5, 5.41) is 9.31. The molecule has 0 aromatic rings. The number of carboxylic acid groups (broad SMARTS) is 1. The Kier molecular flexibility index (Phi) is 6.86. The van der Waals surface area contributed by atoms with Gasteiger partial charge in [-0.1, -0.05) is 13.3 Å². The van der Waals surface area contributed by atoms with Gasteiger partial charge in [-0.2, -0.15) is 11.8 Å². The molecule has 0 saturated carbocycles. The van der Waals surface area contributed by atoms with Crippen molar-refractivity contribution in [1.82, 2.24) is 4.90 Å². The lowest BCUT2D eigenvalue weighted by molar-refractivity contribution is -0.152. The van der Waals surface area contributed by atoms with Crippen molar-refractivity contribution in [3.8, 4) is 0 Å². The standard InChI is InChI=1S/C15H27NO3S/c1-4-5-9-20-11-13(17)16-8-6-7-12(10-16)15(2,3)14(18)19/h12H,4-11H2,1-3H3,(H,18,19). The van der Waals surface area contributed by atoms with Crippen LogP contribution in [0.5, 0.6) is 0 Å². The highest BCUT2D eigenvalue weighted by atomic mass is 32.2. The molecule has 1 unspecified atom stereocenters. The van der Waals surface area contributed by atoms with Gasteiger partial charge >= 0.3 is 5.97 Å². The third kappa shape index (κ3) is 4.69. The number of rotatable bonds is 7. The second-order valence-electron chi connectivity index (χ2n) is 6.11. The van der Waals surface area contributed by atoms with Crippen LogP contribution in [0.4, 0.5) is 0 Å². The summed E-state index contributed by atoms with van der Waals surface area (Å²) in [4.78, 5) is 25.4. The van der Waals surface area contributed by atoms with E-state index in [-0.39, 0.29) is 11.8 Å². The zero-order chi connectivity index (χ0) is 15.2. The summed E-state index contributed by atoms with van der Waals surface area (Å²) in [6.45, 7) is 7.05. The summed E-state index contributed by atoms with van der Waals surface area (Å²) in [5.41, 5.74) is -0.756. The first-order valence-electron chi connectivity index (χ1n) is 7.48. The van der Waals surface area contributed by atoms with Crippen LogP contribution in [0.25, 0.3) is 0 Å². The highest BCUT2D eigenvalue weighted by Gasteiger charge is 2.39. The molecule has 0 aromatic carbocycles. The SMILES string of the molecule is CCCCSCC(=O)N1CCCC(C(C)(C)C(=O)O)C1. The van der Waals surface area contributed by atoms with Crippen molar-refractivity contribution < 1.29 is 14.7 Å². The third-order valence-corrected chi connectivity index (χ3v) is 5.24. The molecule has 116 valence electrons. The minimum absolute atomic E-state index is 0.0540. The topological polar surface area (TPSA) is 57.6 Å². The number of hydrogen-bond donors (Lipinski definition) is 1. The van der Waals surface area contributed by atoms with Gasteiger partial charge < -0.3 is 10.0 Å². The number of nitrogens with zero attached hydrogens (tertiary/aromatic N) is 1. The summed E-state index contributed by atoms with van der Waals surface area (Å²) in [5.74, 6) is 1.00. The Hall–Kier alpha value is -0.710. The van der Waals surface area contributed by atoms with E-state index < -0.39 is 11.4 Å². The molecule has 0 radical (unpaired) electrons. The minimum Gasteiger partial charge on any atom is -0.481 e. The maximum Gasteiger partial charge on any atom is 0.309 e.